The summed E-state index contributed by atoms with van der Waals surface area (Å²) in [5.74, 6) is -0.161. The number of likely N-dealkylation sites (N-methyl/N-ethyl adjacent to an activating group) is 1. The lowest BCUT2D eigenvalue weighted by Gasteiger charge is -2.35. The number of anilines is 1. The second-order valence-corrected chi connectivity index (χ2v) is 3.90. The fourth-order valence-electron chi connectivity index (χ4n) is 1.97. The Morgan fingerprint density at radius 2 is 1.67 bits per heavy atom. The summed E-state index contributed by atoms with van der Waals surface area (Å²) in [4.78, 5) is 4.74. The van der Waals surface area contributed by atoms with Crippen molar-refractivity contribution >= 4 is 5.69 Å². The maximum Gasteiger partial charge on any atom is 0.123 e. The van der Waals surface area contributed by atoms with Gasteiger partial charge in [-0.3, -0.25) is 0 Å². The predicted molar refractivity (Wildman–Crippen MR) is 60.7 cm³/mol. The van der Waals surface area contributed by atoms with Crippen molar-refractivity contribution in [3.8, 4) is 0 Å². The van der Waals surface area contributed by atoms with Crippen LogP contribution in [0.4, 0.5) is 10.1 Å². The first-order chi connectivity index (χ1) is 7.29. The Bertz CT molecular complexity index is 302. The SMILES string of the molecule is CCN1CCN(c2ccc(F)cc2)CC1. The molecule has 3 heteroatoms. The molecule has 0 spiro atoms. The number of nitrogens with zero attached hydrogens (tertiary/aromatic N) is 2. The van der Waals surface area contributed by atoms with Gasteiger partial charge in [0.25, 0.3) is 0 Å². The first-order valence-electron chi connectivity index (χ1n) is 5.52. The maximum atomic E-state index is 12.7. The topological polar surface area (TPSA) is 6.48 Å². The summed E-state index contributed by atoms with van der Waals surface area (Å²) in [5.41, 5.74) is 1.13. The summed E-state index contributed by atoms with van der Waals surface area (Å²) in [7, 11) is 0. The molecule has 1 heterocycles. The number of hydrogen-bond acceptors (Lipinski definition) is 2. The number of benzene rings is 1. The number of halogens is 1. The molecule has 2 rings (SSSR count). The van der Waals surface area contributed by atoms with E-state index in [2.05, 4.69) is 16.7 Å². The first kappa shape index (κ1) is 10.4. The maximum absolute atomic E-state index is 12.7. The summed E-state index contributed by atoms with van der Waals surface area (Å²) in [6.45, 7) is 7.60. The van der Waals surface area contributed by atoms with Crippen molar-refractivity contribution in [3.05, 3.63) is 30.1 Å². The van der Waals surface area contributed by atoms with E-state index in [9.17, 15) is 4.39 Å². The zero-order chi connectivity index (χ0) is 10.7. The van der Waals surface area contributed by atoms with E-state index >= 15 is 0 Å². The van der Waals surface area contributed by atoms with Gasteiger partial charge in [-0.25, -0.2) is 4.39 Å². The van der Waals surface area contributed by atoms with E-state index in [-0.39, 0.29) is 5.82 Å². The van der Waals surface area contributed by atoms with Gasteiger partial charge in [0.05, 0.1) is 0 Å². The molecule has 1 aliphatic heterocycles. The zero-order valence-electron chi connectivity index (χ0n) is 9.12. The Kier molecular flexibility index (Phi) is 3.21. The molecule has 82 valence electrons. The first-order valence-corrected chi connectivity index (χ1v) is 5.52. The molecular formula is C12H17FN2. The molecule has 1 aromatic carbocycles. The van der Waals surface area contributed by atoms with Gasteiger partial charge in [-0.2, -0.15) is 0 Å². The molecule has 0 radical (unpaired) electrons. The van der Waals surface area contributed by atoms with Gasteiger partial charge in [0.1, 0.15) is 5.82 Å². The van der Waals surface area contributed by atoms with Crippen LogP contribution in [0.25, 0.3) is 0 Å². The molecule has 1 aliphatic rings. The van der Waals surface area contributed by atoms with Crippen LogP contribution in [0.5, 0.6) is 0 Å². The highest BCUT2D eigenvalue weighted by Gasteiger charge is 2.15. The van der Waals surface area contributed by atoms with Gasteiger partial charge < -0.3 is 9.80 Å². The van der Waals surface area contributed by atoms with Crippen molar-refractivity contribution < 1.29 is 4.39 Å². The summed E-state index contributed by atoms with van der Waals surface area (Å²) in [5, 5.41) is 0. The lowest BCUT2D eigenvalue weighted by atomic mass is 10.2. The van der Waals surface area contributed by atoms with Crippen molar-refractivity contribution in [2.75, 3.05) is 37.6 Å². The van der Waals surface area contributed by atoms with Crippen LogP contribution in [0.3, 0.4) is 0 Å². The zero-order valence-corrected chi connectivity index (χ0v) is 9.12. The van der Waals surface area contributed by atoms with Crippen molar-refractivity contribution in [2.24, 2.45) is 0 Å². The van der Waals surface area contributed by atoms with Gasteiger partial charge >= 0.3 is 0 Å². The fourth-order valence-corrected chi connectivity index (χ4v) is 1.97. The third kappa shape index (κ3) is 2.48. The second kappa shape index (κ2) is 4.62. The van der Waals surface area contributed by atoms with Crippen molar-refractivity contribution in [3.63, 3.8) is 0 Å². The van der Waals surface area contributed by atoms with E-state index in [1.165, 1.54) is 12.1 Å². The van der Waals surface area contributed by atoms with Crippen LogP contribution in [0.15, 0.2) is 24.3 Å². The van der Waals surface area contributed by atoms with Gasteiger partial charge in [0.15, 0.2) is 0 Å². The molecule has 0 bridgehead atoms. The minimum atomic E-state index is -0.161. The Balaban J connectivity index is 1.98. The lowest BCUT2D eigenvalue weighted by molar-refractivity contribution is 0.271. The quantitative estimate of drug-likeness (QED) is 0.733. The Morgan fingerprint density at radius 3 is 2.20 bits per heavy atom. The molecule has 1 fully saturated rings. The molecule has 0 atom stereocenters. The highest BCUT2D eigenvalue weighted by Crippen LogP contribution is 2.16. The molecule has 0 amide bonds. The summed E-state index contributed by atoms with van der Waals surface area (Å²) in [6, 6.07) is 6.77. The number of rotatable bonds is 2. The summed E-state index contributed by atoms with van der Waals surface area (Å²) >= 11 is 0. The number of hydrogen-bond donors (Lipinski definition) is 0. The molecule has 15 heavy (non-hydrogen) atoms. The van der Waals surface area contributed by atoms with Crippen LogP contribution in [-0.4, -0.2) is 37.6 Å². The van der Waals surface area contributed by atoms with Crippen LogP contribution < -0.4 is 4.90 Å². The molecule has 0 unspecified atom stereocenters. The lowest BCUT2D eigenvalue weighted by Crippen LogP contribution is -2.46. The molecule has 0 aliphatic carbocycles. The molecule has 2 nitrogen and oxygen atoms in total. The molecule has 0 saturated carbocycles. The van der Waals surface area contributed by atoms with Gasteiger partial charge in [0.2, 0.25) is 0 Å². The average molecular weight is 208 g/mol. The average Bonchev–Trinajstić information content (AvgIpc) is 2.30. The van der Waals surface area contributed by atoms with Crippen LogP contribution in [0, 0.1) is 5.82 Å². The molecule has 1 aromatic rings. The van der Waals surface area contributed by atoms with Crippen LogP contribution >= 0.6 is 0 Å². The highest BCUT2D eigenvalue weighted by molar-refractivity contribution is 5.46. The highest BCUT2D eigenvalue weighted by atomic mass is 19.1. The Morgan fingerprint density at radius 1 is 1.07 bits per heavy atom. The fraction of sp³-hybridized carbons (Fsp3) is 0.500. The van der Waals surface area contributed by atoms with Gasteiger partial charge in [-0.05, 0) is 30.8 Å². The van der Waals surface area contributed by atoms with Gasteiger partial charge in [-0.15, -0.1) is 0 Å². The van der Waals surface area contributed by atoms with E-state index < -0.39 is 0 Å². The van der Waals surface area contributed by atoms with E-state index in [1.54, 1.807) is 0 Å². The van der Waals surface area contributed by atoms with Crippen LogP contribution in [-0.2, 0) is 0 Å². The third-order valence-electron chi connectivity index (χ3n) is 3.01. The van der Waals surface area contributed by atoms with E-state index in [0.29, 0.717) is 0 Å². The minimum absolute atomic E-state index is 0.161. The molecular weight excluding hydrogens is 191 g/mol. The normalized spacial score (nSPS) is 18.1. The largest absolute Gasteiger partial charge is 0.369 e. The third-order valence-corrected chi connectivity index (χ3v) is 3.01. The van der Waals surface area contributed by atoms with Crippen LogP contribution in [0.2, 0.25) is 0 Å². The minimum Gasteiger partial charge on any atom is -0.369 e. The molecule has 0 aromatic heterocycles. The van der Waals surface area contributed by atoms with Crippen LogP contribution in [0.1, 0.15) is 6.92 Å². The van der Waals surface area contributed by atoms with Crippen molar-refractivity contribution in [1.29, 1.82) is 0 Å². The monoisotopic (exact) mass is 208 g/mol. The summed E-state index contributed by atoms with van der Waals surface area (Å²) in [6.07, 6.45) is 0. The molecule has 0 N–H and O–H groups in total. The molecule has 1 saturated heterocycles. The van der Waals surface area contributed by atoms with E-state index in [1.807, 2.05) is 12.1 Å². The standard InChI is InChI=1S/C12H17FN2/c1-2-14-7-9-15(10-8-14)12-5-3-11(13)4-6-12/h3-6H,2,7-10H2,1H3. The van der Waals surface area contributed by atoms with Gasteiger partial charge in [0, 0.05) is 31.9 Å². The van der Waals surface area contributed by atoms with Crippen molar-refractivity contribution in [2.45, 2.75) is 6.92 Å². The second-order valence-electron chi connectivity index (χ2n) is 3.90. The van der Waals surface area contributed by atoms with Gasteiger partial charge in [-0.1, -0.05) is 6.92 Å². The smallest absolute Gasteiger partial charge is 0.123 e. The Labute approximate surface area is 90.3 Å². The van der Waals surface area contributed by atoms with Crippen molar-refractivity contribution in [1.82, 2.24) is 4.90 Å². The Hall–Kier alpha value is -1.09. The van der Waals surface area contributed by atoms with E-state index in [0.717, 1.165) is 38.4 Å². The summed E-state index contributed by atoms with van der Waals surface area (Å²) < 4.78 is 12.7. The number of piperazine rings is 1. The van der Waals surface area contributed by atoms with E-state index in [4.69, 9.17) is 0 Å². The predicted octanol–water partition coefficient (Wildman–Crippen LogP) is 1.97.